The summed E-state index contributed by atoms with van der Waals surface area (Å²) in [5.41, 5.74) is -1.21. The lowest BCUT2D eigenvalue weighted by atomic mass is 10.0. The van der Waals surface area contributed by atoms with Crippen molar-refractivity contribution in [1.82, 2.24) is 24.4 Å². The second-order valence-electron chi connectivity index (χ2n) is 6.37. The fourth-order valence-electron chi connectivity index (χ4n) is 3.09. The molecule has 0 spiro atoms. The molecule has 11 heteroatoms. The first-order valence-corrected chi connectivity index (χ1v) is 7.71. The molecule has 2 aromatic rings. The lowest BCUT2D eigenvalue weighted by Gasteiger charge is -2.29. The topological polar surface area (TPSA) is 138 Å². The van der Waals surface area contributed by atoms with E-state index in [2.05, 4.69) is 19.9 Å². The second-order valence-corrected chi connectivity index (χ2v) is 6.37. The van der Waals surface area contributed by atoms with E-state index in [0.29, 0.717) is 0 Å². The van der Waals surface area contributed by atoms with E-state index in [9.17, 15) is 15.0 Å². The minimum absolute atomic E-state index is 0.102. The first-order valence-electron chi connectivity index (χ1n) is 7.71. The number of H-pyrrole nitrogens is 1. The van der Waals surface area contributed by atoms with Crippen LogP contribution in [0.3, 0.4) is 0 Å². The van der Waals surface area contributed by atoms with Crippen molar-refractivity contribution in [3.8, 4) is 0 Å². The maximum absolute atomic E-state index is 12.2. The highest BCUT2D eigenvalue weighted by Gasteiger charge is 2.61. The molecule has 0 saturated carbocycles. The average molecular weight is 350 g/mol. The number of aliphatic hydroxyl groups excluding tert-OH is 2. The van der Waals surface area contributed by atoms with Crippen LogP contribution < -0.4 is 5.56 Å². The van der Waals surface area contributed by atoms with Crippen LogP contribution in [0, 0.1) is 0 Å². The van der Waals surface area contributed by atoms with Crippen molar-refractivity contribution in [3.63, 3.8) is 0 Å². The highest BCUT2D eigenvalue weighted by atomic mass is 16.7. The molecule has 3 N–H and O–H groups in total. The molecule has 134 valence electrons. The van der Waals surface area contributed by atoms with E-state index in [0.717, 1.165) is 0 Å². The van der Waals surface area contributed by atoms with Crippen molar-refractivity contribution in [2.75, 3.05) is 27.3 Å². The van der Waals surface area contributed by atoms with Crippen molar-refractivity contribution < 1.29 is 19.7 Å². The number of hydrogen-bond acceptors (Lipinski definition) is 8. The van der Waals surface area contributed by atoms with Crippen LogP contribution in [0.15, 0.2) is 16.1 Å². The minimum Gasteiger partial charge on any atom is -0.393 e. The van der Waals surface area contributed by atoms with Gasteiger partial charge in [-0.2, -0.15) is 4.98 Å². The van der Waals surface area contributed by atoms with Crippen molar-refractivity contribution in [2.24, 2.45) is 4.99 Å². The SMILES string of the molecule is CN(C)/C=N/c1nc2c(ncn2[C@@H]2O[C@@]3(CO)CO[C@@H]2[C@@H]3O)c(=O)[nH]1. The average Bonchev–Trinajstić information content (AvgIpc) is 3.23. The van der Waals surface area contributed by atoms with E-state index in [4.69, 9.17) is 9.47 Å². The smallest absolute Gasteiger partial charge is 0.280 e. The molecule has 2 aliphatic rings. The highest BCUT2D eigenvalue weighted by molar-refractivity contribution is 5.71. The Morgan fingerprint density at radius 3 is 3.08 bits per heavy atom. The number of rotatable bonds is 4. The Labute approximate surface area is 141 Å². The number of aromatic amines is 1. The lowest BCUT2D eigenvalue weighted by Crippen LogP contribution is -2.44. The van der Waals surface area contributed by atoms with E-state index >= 15 is 0 Å². The fraction of sp³-hybridized carbons (Fsp3) is 0.571. The van der Waals surface area contributed by atoms with Gasteiger partial charge in [-0.05, 0) is 0 Å². The summed E-state index contributed by atoms with van der Waals surface area (Å²) in [6, 6.07) is 0. The van der Waals surface area contributed by atoms with Gasteiger partial charge in [0.2, 0.25) is 5.95 Å². The van der Waals surface area contributed by atoms with Gasteiger partial charge in [-0.15, -0.1) is 0 Å². The Kier molecular flexibility index (Phi) is 3.61. The molecule has 25 heavy (non-hydrogen) atoms. The highest BCUT2D eigenvalue weighted by Crippen LogP contribution is 2.45. The van der Waals surface area contributed by atoms with Gasteiger partial charge in [0.1, 0.15) is 17.8 Å². The van der Waals surface area contributed by atoms with Crippen molar-refractivity contribution >= 4 is 23.5 Å². The zero-order valence-corrected chi connectivity index (χ0v) is 13.7. The predicted molar refractivity (Wildman–Crippen MR) is 85.7 cm³/mol. The Morgan fingerprint density at radius 2 is 2.40 bits per heavy atom. The van der Waals surface area contributed by atoms with E-state index in [1.807, 2.05) is 0 Å². The molecule has 11 nitrogen and oxygen atoms in total. The molecule has 0 aromatic carbocycles. The number of nitrogens with one attached hydrogen (secondary N) is 1. The van der Waals surface area contributed by atoms with Gasteiger partial charge >= 0.3 is 0 Å². The van der Waals surface area contributed by atoms with Crippen LogP contribution in [0.5, 0.6) is 0 Å². The van der Waals surface area contributed by atoms with E-state index in [-0.39, 0.29) is 30.3 Å². The number of hydrogen-bond donors (Lipinski definition) is 3. The molecule has 2 aromatic heterocycles. The molecule has 2 bridgehead atoms. The van der Waals surface area contributed by atoms with Crippen molar-refractivity contribution in [3.05, 3.63) is 16.7 Å². The Bertz CT molecular complexity index is 891. The third-order valence-electron chi connectivity index (χ3n) is 4.38. The third-order valence-corrected chi connectivity index (χ3v) is 4.38. The van der Waals surface area contributed by atoms with Crippen LogP contribution in [0.4, 0.5) is 5.95 Å². The summed E-state index contributed by atoms with van der Waals surface area (Å²) in [6.07, 6.45) is 0.499. The van der Waals surface area contributed by atoms with Gasteiger partial charge in [0.25, 0.3) is 5.56 Å². The van der Waals surface area contributed by atoms with Gasteiger partial charge in [-0.25, -0.2) is 9.98 Å². The summed E-state index contributed by atoms with van der Waals surface area (Å²) in [5, 5.41) is 19.9. The Balaban J connectivity index is 1.78. The van der Waals surface area contributed by atoms with Crippen LogP contribution >= 0.6 is 0 Å². The molecule has 4 heterocycles. The van der Waals surface area contributed by atoms with Crippen LogP contribution in [0.25, 0.3) is 11.2 Å². The molecule has 0 radical (unpaired) electrons. The molecule has 0 aliphatic carbocycles. The molecule has 0 unspecified atom stereocenters. The van der Waals surface area contributed by atoms with Gasteiger partial charge < -0.3 is 24.6 Å². The first kappa shape index (κ1) is 16.1. The van der Waals surface area contributed by atoms with Crippen LogP contribution in [0.1, 0.15) is 6.23 Å². The molecule has 2 saturated heterocycles. The zero-order valence-electron chi connectivity index (χ0n) is 13.7. The minimum atomic E-state index is -1.17. The second kappa shape index (κ2) is 5.59. The van der Waals surface area contributed by atoms with Gasteiger partial charge in [-0.1, -0.05) is 0 Å². The first-order chi connectivity index (χ1) is 11.9. The lowest BCUT2D eigenvalue weighted by molar-refractivity contribution is -0.185. The van der Waals surface area contributed by atoms with Crippen LogP contribution in [0.2, 0.25) is 0 Å². The number of aliphatic hydroxyl groups is 2. The summed E-state index contributed by atoms with van der Waals surface area (Å²) in [5.74, 6) is 0.120. The van der Waals surface area contributed by atoms with Gasteiger partial charge in [-0.3, -0.25) is 14.3 Å². The van der Waals surface area contributed by atoms with Crippen molar-refractivity contribution in [1.29, 1.82) is 0 Å². The van der Waals surface area contributed by atoms with Crippen LogP contribution in [-0.4, -0.2) is 86.1 Å². The maximum Gasteiger partial charge on any atom is 0.280 e. The van der Waals surface area contributed by atoms with Gasteiger partial charge in [0.15, 0.2) is 17.4 Å². The van der Waals surface area contributed by atoms with Crippen LogP contribution in [-0.2, 0) is 9.47 Å². The third kappa shape index (κ3) is 2.35. The Morgan fingerprint density at radius 1 is 1.60 bits per heavy atom. The number of fused-ring (bicyclic) bond motifs is 3. The van der Waals surface area contributed by atoms with E-state index in [1.165, 1.54) is 17.2 Å². The summed E-state index contributed by atoms with van der Waals surface area (Å²) >= 11 is 0. The molecule has 4 atom stereocenters. The fourth-order valence-corrected chi connectivity index (χ4v) is 3.09. The summed E-state index contributed by atoms with van der Waals surface area (Å²) in [6.45, 7) is -0.273. The summed E-state index contributed by atoms with van der Waals surface area (Å²) in [7, 11) is 3.58. The van der Waals surface area contributed by atoms with E-state index in [1.54, 1.807) is 19.0 Å². The standard InChI is InChI=1S/C14H18N6O5/c1-19(2)5-16-13-17-10-7(11(23)18-13)15-6-20(10)12-8-9(22)14(3-21,25-12)4-24-8/h5-6,8-9,12,21-22H,3-4H2,1-2H3,(H,17,18,23)/b16-5+/t8-,9+,12-,14+/m1/s1. The van der Waals surface area contributed by atoms with Gasteiger partial charge in [0.05, 0.1) is 25.9 Å². The van der Waals surface area contributed by atoms with Crippen molar-refractivity contribution in [2.45, 2.75) is 24.0 Å². The predicted octanol–water partition coefficient (Wildman–Crippen LogP) is -1.64. The monoisotopic (exact) mass is 350 g/mol. The molecule has 4 rings (SSSR count). The largest absolute Gasteiger partial charge is 0.393 e. The van der Waals surface area contributed by atoms with Gasteiger partial charge in [0, 0.05) is 14.1 Å². The molecule has 2 fully saturated rings. The number of ether oxygens (including phenoxy) is 2. The quantitative estimate of drug-likeness (QED) is 0.441. The van der Waals surface area contributed by atoms with E-state index < -0.39 is 29.6 Å². The number of aliphatic imine (C=N–C) groups is 1. The maximum atomic E-state index is 12.2. The number of nitrogens with zero attached hydrogens (tertiary/aromatic N) is 5. The number of imidazole rings is 1. The summed E-state index contributed by atoms with van der Waals surface area (Å²) in [4.78, 5) is 28.9. The molecule has 0 amide bonds. The summed E-state index contributed by atoms with van der Waals surface area (Å²) < 4.78 is 12.9. The molecule has 2 aliphatic heterocycles. The molecular formula is C14H18N6O5. The number of aromatic nitrogens is 4. The normalized spacial score (nSPS) is 31.4. The molecular weight excluding hydrogens is 332 g/mol. The Hall–Kier alpha value is -2.34. The zero-order chi connectivity index (χ0) is 17.8.